The lowest BCUT2D eigenvalue weighted by Crippen LogP contribution is -2.26. The molecule has 2 N–H and O–H groups in total. The monoisotopic (exact) mass is 375 g/mol. The highest BCUT2D eigenvalue weighted by atomic mass is 32.2. The molecule has 26 heavy (non-hydrogen) atoms. The van der Waals surface area contributed by atoms with Crippen molar-refractivity contribution in [3.05, 3.63) is 48.0 Å². The van der Waals surface area contributed by atoms with Crippen molar-refractivity contribution in [1.29, 1.82) is 0 Å². The number of aryl methyl sites for hydroxylation is 1. The standard InChI is InChI=1S/C15H17N7O3S/c1-11-16-7-6-13(18-11)10-22-20-15(19-21-22)12-2-4-14(5-3-12)26(24,25)17-8-9-23/h2-7,17,23H,8-10H2,1H3. The van der Waals surface area contributed by atoms with Crippen molar-refractivity contribution < 1.29 is 13.5 Å². The van der Waals surface area contributed by atoms with Gasteiger partial charge in [0, 0.05) is 18.3 Å². The first-order valence-electron chi connectivity index (χ1n) is 7.75. The molecule has 0 fully saturated rings. The summed E-state index contributed by atoms with van der Waals surface area (Å²) in [6.45, 7) is 1.85. The molecule has 11 heteroatoms. The lowest BCUT2D eigenvalue weighted by atomic mass is 10.2. The number of sulfonamides is 1. The van der Waals surface area contributed by atoms with Crippen LogP contribution in [0.2, 0.25) is 0 Å². The summed E-state index contributed by atoms with van der Waals surface area (Å²) in [6.07, 6.45) is 1.67. The quantitative estimate of drug-likeness (QED) is 0.577. The molecule has 1 aromatic carbocycles. The third-order valence-electron chi connectivity index (χ3n) is 3.42. The van der Waals surface area contributed by atoms with Gasteiger partial charge in [0.2, 0.25) is 15.8 Å². The predicted octanol–water partition coefficient (Wildman–Crippen LogP) is -0.243. The van der Waals surface area contributed by atoms with Gasteiger partial charge in [-0.25, -0.2) is 23.1 Å². The molecular weight excluding hydrogens is 358 g/mol. The summed E-state index contributed by atoms with van der Waals surface area (Å²) in [4.78, 5) is 9.82. The van der Waals surface area contributed by atoms with Gasteiger partial charge >= 0.3 is 0 Å². The summed E-state index contributed by atoms with van der Waals surface area (Å²) in [5.41, 5.74) is 1.40. The number of nitrogens with zero attached hydrogens (tertiary/aromatic N) is 6. The van der Waals surface area contributed by atoms with E-state index >= 15 is 0 Å². The zero-order valence-electron chi connectivity index (χ0n) is 13.9. The molecule has 0 unspecified atom stereocenters. The zero-order chi connectivity index (χ0) is 18.6. The maximum atomic E-state index is 12.0. The van der Waals surface area contributed by atoms with Gasteiger partial charge in [0.15, 0.2) is 0 Å². The van der Waals surface area contributed by atoms with Crippen LogP contribution < -0.4 is 4.72 Å². The van der Waals surface area contributed by atoms with Gasteiger partial charge in [-0.15, -0.1) is 10.2 Å². The second-order valence-corrected chi connectivity index (χ2v) is 7.15. The molecule has 0 saturated heterocycles. The molecule has 0 aliphatic heterocycles. The zero-order valence-corrected chi connectivity index (χ0v) is 14.8. The van der Waals surface area contributed by atoms with E-state index in [4.69, 9.17) is 5.11 Å². The minimum Gasteiger partial charge on any atom is -0.395 e. The molecule has 2 heterocycles. The van der Waals surface area contributed by atoms with Crippen molar-refractivity contribution in [3.8, 4) is 11.4 Å². The summed E-state index contributed by atoms with van der Waals surface area (Å²) in [5, 5.41) is 21.0. The fourth-order valence-corrected chi connectivity index (χ4v) is 3.23. The Bertz CT molecular complexity index is 986. The summed E-state index contributed by atoms with van der Waals surface area (Å²) < 4.78 is 26.3. The summed E-state index contributed by atoms with van der Waals surface area (Å²) in [6, 6.07) is 7.87. The second kappa shape index (κ2) is 7.64. The van der Waals surface area contributed by atoms with E-state index in [9.17, 15) is 8.42 Å². The van der Waals surface area contributed by atoms with E-state index in [1.54, 1.807) is 31.3 Å². The summed E-state index contributed by atoms with van der Waals surface area (Å²) in [5.74, 6) is 1.04. The third-order valence-corrected chi connectivity index (χ3v) is 4.89. The van der Waals surface area contributed by atoms with E-state index in [-0.39, 0.29) is 18.0 Å². The van der Waals surface area contributed by atoms with Gasteiger partial charge < -0.3 is 5.11 Å². The Hall–Kier alpha value is -2.76. The van der Waals surface area contributed by atoms with Gasteiger partial charge in [-0.3, -0.25) is 0 Å². The third kappa shape index (κ3) is 4.25. The molecule has 3 rings (SSSR count). The summed E-state index contributed by atoms with van der Waals surface area (Å²) >= 11 is 0. The largest absolute Gasteiger partial charge is 0.395 e. The Morgan fingerprint density at radius 3 is 2.65 bits per heavy atom. The fraction of sp³-hybridized carbons (Fsp3) is 0.267. The van der Waals surface area contributed by atoms with Crippen LogP contribution in [-0.2, 0) is 16.6 Å². The maximum absolute atomic E-state index is 12.0. The fourth-order valence-electron chi connectivity index (χ4n) is 2.21. The number of aromatic nitrogens is 6. The highest BCUT2D eigenvalue weighted by Crippen LogP contribution is 2.17. The van der Waals surface area contributed by atoms with Crippen molar-refractivity contribution in [2.24, 2.45) is 0 Å². The lowest BCUT2D eigenvalue weighted by Gasteiger charge is -2.05. The van der Waals surface area contributed by atoms with E-state index in [0.717, 1.165) is 5.69 Å². The number of nitrogens with one attached hydrogen (secondary N) is 1. The van der Waals surface area contributed by atoms with E-state index in [2.05, 4.69) is 30.1 Å². The van der Waals surface area contributed by atoms with Crippen LogP contribution in [0.3, 0.4) is 0 Å². The molecule has 0 amide bonds. The van der Waals surface area contributed by atoms with Gasteiger partial charge in [-0.2, -0.15) is 4.80 Å². The van der Waals surface area contributed by atoms with Crippen molar-refractivity contribution in [2.75, 3.05) is 13.2 Å². The number of aliphatic hydroxyl groups excluding tert-OH is 1. The minimum atomic E-state index is -3.65. The molecule has 136 valence electrons. The van der Waals surface area contributed by atoms with Crippen molar-refractivity contribution >= 4 is 10.0 Å². The highest BCUT2D eigenvalue weighted by Gasteiger charge is 2.14. The van der Waals surface area contributed by atoms with Crippen molar-refractivity contribution in [3.63, 3.8) is 0 Å². The molecule has 0 spiro atoms. The Balaban J connectivity index is 1.75. The van der Waals surface area contributed by atoms with Crippen molar-refractivity contribution in [2.45, 2.75) is 18.4 Å². The smallest absolute Gasteiger partial charge is 0.240 e. The van der Waals surface area contributed by atoms with Crippen LogP contribution in [0.1, 0.15) is 11.5 Å². The van der Waals surface area contributed by atoms with Gasteiger partial charge in [0.05, 0.1) is 17.2 Å². The number of benzene rings is 1. The number of rotatable bonds is 7. The highest BCUT2D eigenvalue weighted by molar-refractivity contribution is 7.89. The molecule has 3 aromatic rings. The minimum absolute atomic E-state index is 0.0392. The Kier molecular flexibility index (Phi) is 5.30. The van der Waals surface area contributed by atoms with Gasteiger partial charge in [0.1, 0.15) is 12.4 Å². The van der Waals surface area contributed by atoms with Crippen LogP contribution in [-0.4, -0.2) is 56.9 Å². The average Bonchev–Trinajstić information content (AvgIpc) is 3.09. The average molecular weight is 375 g/mol. The first-order valence-corrected chi connectivity index (χ1v) is 9.23. The Labute approximate surface area is 150 Å². The van der Waals surface area contributed by atoms with E-state index in [1.165, 1.54) is 16.9 Å². The SMILES string of the molecule is Cc1nccc(Cn2nnc(-c3ccc(S(=O)(=O)NCCO)cc3)n2)n1. The van der Waals surface area contributed by atoms with Crippen LogP contribution in [0, 0.1) is 6.92 Å². The molecule has 0 saturated carbocycles. The molecule has 10 nitrogen and oxygen atoms in total. The van der Waals surface area contributed by atoms with Gasteiger partial charge in [0.25, 0.3) is 0 Å². The Morgan fingerprint density at radius 2 is 1.96 bits per heavy atom. The van der Waals surface area contributed by atoms with E-state index in [1.807, 2.05) is 0 Å². The molecule has 0 aliphatic carbocycles. The number of aliphatic hydroxyl groups is 1. The van der Waals surface area contributed by atoms with Crippen molar-refractivity contribution in [1.82, 2.24) is 34.9 Å². The molecule has 0 radical (unpaired) electrons. The number of hydrogen-bond donors (Lipinski definition) is 2. The predicted molar refractivity (Wildman–Crippen MR) is 91.4 cm³/mol. The van der Waals surface area contributed by atoms with Crippen LogP contribution in [0.5, 0.6) is 0 Å². The van der Waals surface area contributed by atoms with Crippen LogP contribution in [0.25, 0.3) is 11.4 Å². The maximum Gasteiger partial charge on any atom is 0.240 e. The molecule has 0 aliphatic rings. The Morgan fingerprint density at radius 1 is 1.19 bits per heavy atom. The molecule has 0 bridgehead atoms. The lowest BCUT2D eigenvalue weighted by molar-refractivity contribution is 0.301. The summed E-state index contributed by atoms with van der Waals surface area (Å²) in [7, 11) is -3.65. The molecule has 0 atom stereocenters. The van der Waals surface area contributed by atoms with Crippen LogP contribution in [0.15, 0.2) is 41.4 Å². The number of hydrogen-bond acceptors (Lipinski definition) is 8. The number of tetrazole rings is 1. The first-order chi connectivity index (χ1) is 12.5. The first kappa shape index (κ1) is 18.0. The molecule has 2 aromatic heterocycles. The van der Waals surface area contributed by atoms with Gasteiger partial charge in [-0.05, 0) is 42.5 Å². The van der Waals surface area contributed by atoms with Crippen LogP contribution >= 0.6 is 0 Å². The van der Waals surface area contributed by atoms with Crippen LogP contribution in [0.4, 0.5) is 0 Å². The van der Waals surface area contributed by atoms with Gasteiger partial charge in [-0.1, -0.05) is 0 Å². The second-order valence-electron chi connectivity index (χ2n) is 5.38. The molecular formula is C15H17N7O3S. The topological polar surface area (TPSA) is 136 Å². The normalized spacial score (nSPS) is 11.6. The van der Waals surface area contributed by atoms with E-state index in [0.29, 0.717) is 23.8 Å². The van der Waals surface area contributed by atoms with E-state index < -0.39 is 10.0 Å².